The number of rotatable bonds is 6. The van der Waals surface area contributed by atoms with Crippen molar-refractivity contribution >= 4 is 22.7 Å². The van der Waals surface area contributed by atoms with Crippen molar-refractivity contribution in [2.24, 2.45) is 0 Å². The van der Waals surface area contributed by atoms with E-state index in [0.29, 0.717) is 0 Å². The van der Waals surface area contributed by atoms with Crippen LogP contribution >= 0.6 is 0 Å². The molecule has 0 unspecified atom stereocenters. The molecule has 32 heavy (non-hydrogen) atoms. The van der Waals surface area contributed by atoms with Crippen molar-refractivity contribution in [1.29, 1.82) is 0 Å². The first-order valence-corrected chi connectivity index (χ1v) is 10.9. The maximum Gasteiger partial charge on any atom is 0.0316 e. The Balaban J connectivity index is 0.000000181. The van der Waals surface area contributed by atoms with Crippen LogP contribution in [0.25, 0.3) is 0 Å². The molecule has 0 saturated heterocycles. The Morgan fingerprint density at radius 1 is 0.344 bits per heavy atom. The molecule has 4 aromatic rings. The highest BCUT2D eigenvalue weighted by Crippen LogP contribution is 2.13. The van der Waals surface area contributed by atoms with E-state index in [9.17, 15) is 0 Å². The minimum absolute atomic E-state index is 0.816. The Morgan fingerprint density at radius 3 is 1.03 bits per heavy atom. The van der Waals surface area contributed by atoms with E-state index in [-0.39, 0.29) is 0 Å². The average Bonchev–Trinajstić information content (AvgIpc) is 2.79. The maximum atomic E-state index is 5.73. The molecule has 0 amide bonds. The molecule has 0 heterocycles. The molecular weight excluding hydrogens is 392 g/mol. The Hall–Kier alpha value is -3.92. The van der Waals surface area contributed by atoms with E-state index in [1.165, 1.54) is 22.3 Å². The molecule has 0 atom stereocenters. The molecule has 4 nitrogen and oxygen atoms in total. The highest BCUT2D eigenvalue weighted by atomic mass is 14.5. The van der Waals surface area contributed by atoms with Gasteiger partial charge in [0.1, 0.15) is 0 Å². The van der Waals surface area contributed by atoms with Gasteiger partial charge in [-0.3, -0.25) is 0 Å². The van der Waals surface area contributed by atoms with E-state index in [1.807, 2.05) is 60.7 Å². The zero-order chi connectivity index (χ0) is 22.8. The van der Waals surface area contributed by atoms with Crippen LogP contribution in [0.15, 0.2) is 97.1 Å². The molecule has 0 aliphatic carbocycles. The molecular formula is C28H32N4. The van der Waals surface area contributed by atoms with Gasteiger partial charge < -0.3 is 22.9 Å². The number of hydrogen-bond donors (Lipinski definition) is 4. The van der Waals surface area contributed by atoms with Crippen LogP contribution in [0.5, 0.6) is 0 Å². The lowest BCUT2D eigenvalue weighted by Crippen LogP contribution is -1.94. The summed E-state index contributed by atoms with van der Waals surface area (Å²) in [7, 11) is 0. The Labute approximate surface area is 190 Å². The van der Waals surface area contributed by atoms with E-state index < -0.39 is 0 Å². The van der Waals surface area contributed by atoms with Crippen LogP contribution < -0.4 is 22.9 Å². The van der Waals surface area contributed by atoms with Gasteiger partial charge in [0.05, 0.1) is 0 Å². The van der Waals surface area contributed by atoms with Crippen LogP contribution in [-0.4, -0.2) is 0 Å². The van der Waals surface area contributed by atoms with Crippen LogP contribution in [0, 0.1) is 0 Å². The molecule has 0 radical (unpaired) electrons. The summed E-state index contributed by atoms with van der Waals surface area (Å²) >= 11 is 0. The third-order valence-corrected chi connectivity index (χ3v) is 5.27. The molecule has 0 spiro atoms. The molecule has 0 aliphatic heterocycles. The summed E-state index contributed by atoms with van der Waals surface area (Å²) in [5.74, 6) is 0. The predicted molar refractivity (Wildman–Crippen MR) is 138 cm³/mol. The van der Waals surface area contributed by atoms with Crippen LogP contribution in [-0.2, 0) is 25.7 Å². The number of benzene rings is 4. The SMILES string of the molecule is Nc1ccc(CCc2ccc(N)cc2)cc1.Nc1cccc(CCc2cccc(N)c2)c1. The fourth-order valence-corrected chi connectivity index (χ4v) is 3.44. The summed E-state index contributed by atoms with van der Waals surface area (Å²) in [6.45, 7) is 0. The highest BCUT2D eigenvalue weighted by Gasteiger charge is 1.97. The van der Waals surface area contributed by atoms with Gasteiger partial charge in [-0.05, 0) is 96.5 Å². The summed E-state index contributed by atoms with van der Waals surface area (Å²) in [5, 5.41) is 0. The molecule has 0 aromatic heterocycles. The first-order valence-electron chi connectivity index (χ1n) is 10.9. The second-order valence-electron chi connectivity index (χ2n) is 7.97. The summed E-state index contributed by atoms with van der Waals surface area (Å²) in [5.41, 5.74) is 31.2. The number of anilines is 4. The van der Waals surface area contributed by atoms with E-state index >= 15 is 0 Å². The van der Waals surface area contributed by atoms with Crippen molar-refractivity contribution in [3.8, 4) is 0 Å². The second kappa shape index (κ2) is 11.5. The third-order valence-electron chi connectivity index (χ3n) is 5.27. The number of hydrogen-bond acceptors (Lipinski definition) is 4. The van der Waals surface area contributed by atoms with Crippen LogP contribution in [0.4, 0.5) is 22.7 Å². The van der Waals surface area contributed by atoms with Crippen molar-refractivity contribution in [3.05, 3.63) is 119 Å². The molecule has 0 bridgehead atoms. The largest absolute Gasteiger partial charge is 0.399 e. The molecule has 4 heteroatoms. The van der Waals surface area contributed by atoms with Crippen molar-refractivity contribution in [2.45, 2.75) is 25.7 Å². The fraction of sp³-hybridized carbons (Fsp3) is 0.143. The standard InChI is InChI=1S/2C14H16N2/c15-13-5-1-3-11(9-13)7-8-12-4-2-6-14(16)10-12;15-13-7-3-11(4-8-13)1-2-12-5-9-14(16)10-6-12/h1-6,9-10H,7-8,15-16H2;3-10H,1-2,15-16H2. The average molecular weight is 425 g/mol. The smallest absolute Gasteiger partial charge is 0.0316 e. The molecule has 0 saturated carbocycles. The predicted octanol–water partition coefficient (Wildman–Crippen LogP) is 5.27. The monoisotopic (exact) mass is 424 g/mol. The quantitative estimate of drug-likeness (QED) is 0.316. The van der Waals surface area contributed by atoms with Gasteiger partial charge in [0.25, 0.3) is 0 Å². The number of nitrogen functional groups attached to an aromatic ring is 4. The Bertz CT molecular complexity index is 1010. The molecule has 4 rings (SSSR count). The molecule has 164 valence electrons. The van der Waals surface area contributed by atoms with Crippen molar-refractivity contribution in [1.82, 2.24) is 0 Å². The summed E-state index contributed by atoms with van der Waals surface area (Å²) in [4.78, 5) is 0. The van der Waals surface area contributed by atoms with E-state index in [1.54, 1.807) is 0 Å². The Morgan fingerprint density at radius 2 is 0.688 bits per heavy atom. The summed E-state index contributed by atoms with van der Waals surface area (Å²) < 4.78 is 0. The van der Waals surface area contributed by atoms with Crippen molar-refractivity contribution < 1.29 is 0 Å². The zero-order valence-corrected chi connectivity index (χ0v) is 18.4. The summed E-state index contributed by atoms with van der Waals surface area (Å²) in [6, 6.07) is 32.1. The van der Waals surface area contributed by atoms with Gasteiger partial charge in [-0.25, -0.2) is 0 Å². The first kappa shape index (κ1) is 22.8. The number of nitrogens with two attached hydrogens (primary N) is 4. The second-order valence-corrected chi connectivity index (χ2v) is 7.97. The first-order chi connectivity index (χ1) is 15.5. The topological polar surface area (TPSA) is 104 Å². The lowest BCUT2D eigenvalue weighted by Gasteiger charge is -2.04. The van der Waals surface area contributed by atoms with E-state index in [2.05, 4.69) is 36.4 Å². The van der Waals surface area contributed by atoms with Gasteiger partial charge in [0, 0.05) is 22.7 Å². The van der Waals surface area contributed by atoms with Crippen LogP contribution in [0.3, 0.4) is 0 Å². The van der Waals surface area contributed by atoms with Gasteiger partial charge in [-0.2, -0.15) is 0 Å². The molecule has 0 aliphatic rings. The number of aryl methyl sites for hydroxylation is 4. The third kappa shape index (κ3) is 7.73. The molecule has 0 fully saturated rings. The minimum Gasteiger partial charge on any atom is -0.399 e. The van der Waals surface area contributed by atoms with Crippen molar-refractivity contribution in [2.75, 3.05) is 22.9 Å². The highest BCUT2D eigenvalue weighted by molar-refractivity contribution is 5.43. The Kier molecular flexibility index (Phi) is 8.15. The van der Waals surface area contributed by atoms with Crippen LogP contribution in [0.2, 0.25) is 0 Å². The fourth-order valence-electron chi connectivity index (χ4n) is 3.44. The lowest BCUT2D eigenvalue weighted by molar-refractivity contribution is 0.961. The molecule has 4 aromatic carbocycles. The normalized spacial score (nSPS) is 10.2. The van der Waals surface area contributed by atoms with Crippen molar-refractivity contribution in [3.63, 3.8) is 0 Å². The lowest BCUT2D eigenvalue weighted by atomic mass is 10.0. The van der Waals surface area contributed by atoms with Gasteiger partial charge in [0.2, 0.25) is 0 Å². The van der Waals surface area contributed by atoms with Gasteiger partial charge >= 0.3 is 0 Å². The summed E-state index contributed by atoms with van der Waals surface area (Å²) in [6.07, 6.45) is 4.05. The maximum absolute atomic E-state index is 5.73. The molecule has 8 N–H and O–H groups in total. The zero-order valence-electron chi connectivity index (χ0n) is 18.4. The van der Waals surface area contributed by atoms with E-state index in [4.69, 9.17) is 22.9 Å². The van der Waals surface area contributed by atoms with Gasteiger partial charge in [-0.15, -0.1) is 0 Å². The van der Waals surface area contributed by atoms with Gasteiger partial charge in [0.15, 0.2) is 0 Å². The van der Waals surface area contributed by atoms with Crippen LogP contribution in [0.1, 0.15) is 22.3 Å². The minimum atomic E-state index is 0.816. The van der Waals surface area contributed by atoms with E-state index in [0.717, 1.165) is 48.4 Å². The van der Waals surface area contributed by atoms with Gasteiger partial charge in [-0.1, -0.05) is 48.5 Å².